The van der Waals surface area contributed by atoms with Crippen LogP contribution in [0.4, 0.5) is 5.00 Å². The molecule has 156 valence electrons. The van der Waals surface area contributed by atoms with Gasteiger partial charge in [-0.2, -0.15) is 0 Å². The molecule has 7 heteroatoms. The Morgan fingerprint density at radius 2 is 1.73 bits per heavy atom. The first-order valence-corrected chi connectivity index (χ1v) is 10.7. The summed E-state index contributed by atoms with van der Waals surface area (Å²) in [7, 11) is 1.57. The summed E-state index contributed by atoms with van der Waals surface area (Å²) < 4.78 is 10.5. The summed E-state index contributed by atoms with van der Waals surface area (Å²) >= 11 is 7.36. The highest BCUT2D eigenvalue weighted by atomic mass is 35.5. The van der Waals surface area contributed by atoms with Gasteiger partial charge in [-0.05, 0) is 55.3 Å². The van der Waals surface area contributed by atoms with E-state index in [4.69, 9.17) is 21.1 Å². The molecule has 3 rings (SSSR count). The van der Waals surface area contributed by atoms with Crippen molar-refractivity contribution < 1.29 is 19.1 Å². The Kier molecular flexibility index (Phi) is 7.13. The molecule has 1 aromatic heterocycles. The molecule has 1 heterocycles. The second-order valence-electron chi connectivity index (χ2n) is 6.56. The molecule has 2 aromatic carbocycles. The number of hydrogen-bond acceptors (Lipinski definition) is 5. The van der Waals surface area contributed by atoms with Crippen LogP contribution in [0.5, 0.6) is 5.75 Å². The third kappa shape index (κ3) is 4.83. The minimum atomic E-state index is -0.462. The fraction of sp³-hybridized carbons (Fsp3) is 0.217. The van der Waals surface area contributed by atoms with Gasteiger partial charge in [0.15, 0.2) is 0 Å². The number of hydrogen-bond donors (Lipinski definition) is 1. The molecule has 30 heavy (non-hydrogen) atoms. The van der Waals surface area contributed by atoms with Crippen molar-refractivity contribution in [2.45, 2.75) is 20.3 Å². The zero-order chi connectivity index (χ0) is 21.7. The van der Waals surface area contributed by atoms with Crippen LogP contribution in [-0.4, -0.2) is 25.6 Å². The van der Waals surface area contributed by atoms with Gasteiger partial charge in [-0.3, -0.25) is 4.79 Å². The smallest absolute Gasteiger partial charge is 0.341 e. The molecule has 0 bridgehead atoms. The van der Waals surface area contributed by atoms with Crippen molar-refractivity contribution in [3.05, 3.63) is 69.6 Å². The number of ether oxygens (including phenoxy) is 2. The monoisotopic (exact) mass is 443 g/mol. The molecule has 1 N–H and O–H groups in total. The summed E-state index contributed by atoms with van der Waals surface area (Å²) in [6, 6.07) is 14.0. The molecule has 3 aromatic rings. The van der Waals surface area contributed by atoms with E-state index >= 15 is 0 Å². The maximum atomic E-state index is 12.9. The van der Waals surface area contributed by atoms with Crippen LogP contribution < -0.4 is 10.1 Å². The molecular formula is C23H22ClNO4S. The number of aryl methyl sites for hydroxylation is 1. The Balaban J connectivity index is 2.00. The molecule has 0 aliphatic carbocycles. The highest BCUT2D eigenvalue weighted by molar-refractivity contribution is 7.17. The predicted octanol–water partition coefficient (Wildman–Crippen LogP) is 6.20. The third-order valence-electron chi connectivity index (χ3n) is 4.44. The van der Waals surface area contributed by atoms with E-state index in [1.165, 1.54) is 11.3 Å². The van der Waals surface area contributed by atoms with Crippen LogP contribution in [0.1, 0.15) is 38.9 Å². The predicted molar refractivity (Wildman–Crippen MR) is 121 cm³/mol. The van der Waals surface area contributed by atoms with Crippen LogP contribution >= 0.6 is 22.9 Å². The van der Waals surface area contributed by atoms with Crippen LogP contribution in [0, 0.1) is 6.92 Å². The van der Waals surface area contributed by atoms with E-state index in [0.717, 1.165) is 16.0 Å². The van der Waals surface area contributed by atoms with E-state index in [2.05, 4.69) is 5.32 Å². The first-order valence-electron chi connectivity index (χ1n) is 9.46. The molecule has 0 fully saturated rings. The van der Waals surface area contributed by atoms with Crippen LogP contribution in [0.15, 0.2) is 48.5 Å². The summed E-state index contributed by atoms with van der Waals surface area (Å²) in [5.41, 5.74) is 2.39. The van der Waals surface area contributed by atoms with E-state index in [1.807, 2.05) is 26.0 Å². The number of esters is 1. The number of carbonyl (C=O) groups is 2. The average molecular weight is 444 g/mol. The second-order valence-corrected chi connectivity index (χ2v) is 8.22. The maximum absolute atomic E-state index is 12.9. The van der Waals surface area contributed by atoms with Gasteiger partial charge in [0.1, 0.15) is 16.3 Å². The average Bonchev–Trinajstić information content (AvgIpc) is 3.08. The summed E-state index contributed by atoms with van der Waals surface area (Å²) in [5, 5.41) is 3.94. The number of thiophene rings is 1. The number of anilines is 1. The second kappa shape index (κ2) is 9.78. The Morgan fingerprint density at radius 3 is 2.33 bits per heavy atom. The summed E-state index contributed by atoms with van der Waals surface area (Å²) in [4.78, 5) is 26.6. The van der Waals surface area contributed by atoms with Gasteiger partial charge >= 0.3 is 5.97 Å². The molecule has 5 nitrogen and oxygen atoms in total. The normalized spacial score (nSPS) is 10.5. The maximum Gasteiger partial charge on any atom is 0.341 e. The zero-order valence-corrected chi connectivity index (χ0v) is 18.5. The minimum absolute atomic E-state index is 0.305. The Labute approximate surface area is 184 Å². The minimum Gasteiger partial charge on any atom is -0.497 e. The Bertz CT molecular complexity index is 1040. The van der Waals surface area contributed by atoms with Crippen molar-refractivity contribution in [3.63, 3.8) is 0 Å². The molecule has 0 radical (unpaired) electrons. The van der Waals surface area contributed by atoms with Crippen LogP contribution in [0.2, 0.25) is 5.02 Å². The quantitative estimate of drug-likeness (QED) is 0.441. The van der Waals surface area contributed by atoms with Crippen molar-refractivity contribution in [3.8, 4) is 16.9 Å². The van der Waals surface area contributed by atoms with Crippen LogP contribution in [0.3, 0.4) is 0 Å². The number of rotatable bonds is 7. The van der Waals surface area contributed by atoms with Gasteiger partial charge in [0.25, 0.3) is 5.91 Å². The van der Waals surface area contributed by atoms with Crippen molar-refractivity contribution in [2.24, 2.45) is 0 Å². The summed E-state index contributed by atoms with van der Waals surface area (Å²) in [5.74, 6) is -0.116. The van der Waals surface area contributed by atoms with Crippen LogP contribution in [0.25, 0.3) is 11.1 Å². The summed E-state index contributed by atoms with van der Waals surface area (Å²) in [6.07, 6.45) is 0.707. The van der Waals surface area contributed by atoms with E-state index in [9.17, 15) is 9.59 Å². The van der Waals surface area contributed by atoms with Gasteiger partial charge in [-0.1, -0.05) is 30.7 Å². The van der Waals surface area contributed by atoms with Crippen molar-refractivity contribution >= 4 is 39.8 Å². The first kappa shape index (κ1) is 21.9. The summed E-state index contributed by atoms with van der Waals surface area (Å²) in [6.45, 7) is 4.15. The Morgan fingerprint density at radius 1 is 1.07 bits per heavy atom. The number of nitrogens with one attached hydrogen (secondary N) is 1. The molecule has 0 spiro atoms. The van der Waals surface area contributed by atoms with Crippen molar-refractivity contribution in [1.82, 2.24) is 0 Å². The van der Waals surface area contributed by atoms with E-state index < -0.39 is 5.97 Å². The fourth-order valence-electron chi connectivity index (χ4n) is 2.98. The molecule has 0 aliphatic heterocycles. The SMILES string of the molecule is CCCOC(=O)c1c(NC(=O)c2ccc(OC)cc2)sc(C)c1-c1ccc(Cl)cc1. The topological polar surface area (TPSA) is 64.6 Å². The molecule has 0 saturated carbocycles. The first-order chi connectivity index (χ1) is 14.4. The third-order valence-corrected chi connectivity index (χ3v) is 5.71. The van der Waals surface area contributed by atoms with Gasteiger partial charge < -0.3 is 14.8 Å². The lowest BCUT2D eigenvalue weighted by Gasteiger charge is -2.10. The number of methoxy groups -OCH3 is 1. The standard InChI is InChI=1S/C23H22ClNO4S/c1-4-13-29-23(27)20-19(15-5-9-17(24)10-6-15)14(2)30-22(20)25-21(26)16-7-11-18(28-3)12-8-16/h5-12H,4,13H2,1-3H3,(H,25,26). The Hall–Kier alpha value is -2.83. The van der Waals surface area contributed by atoms with Gasteiger partial charge in [0.2, 0.25) is 0 Å². The lowest BCUT2D eigenvalue weighted by molar-refractivity contribution is 0.0507. The number of carbonyl (C=O) groups excluding carboxylic acids is 2. The fourth-order valence-corrected chi connectivity index (χ4v) is 4.16. The van der Waals surface area contributed by atoms with Gasteiger partial charge in [0.05, 0.1) is 13.7 Å². The number of halogens is 1. The van der Waals surface area contributed by atoms with E-state index in [-0.39, 0.29) is 5.91 Å². The van der Waals surface area contributed by atoms with Crippen molar-refractivity contribution in [2.75, 3.05) is 19.0 Å². The molecule has 1 amide bonds. The molecule has 0 aliphatic rings. The van der Waals surface area contributed by atoms with Crippen LogP contribution in [-0.2, 0) is 4.74 Å². The van der Waals surface area contributed by atoms with Gasteiger partial charge in [-0.25, -0.2) is 4.79 Å². The van der Waals surface area contributed by atoms with E-state index in [1.54, 1.807) is 43.5 Å². The molecule has 0 atom stereocenters. The van der Waals surface area contributed by atoms with E-state index in [0.29, 0.717) is 39.9 Å². The molecule has 0 unspecified atom stereocenters. The van der Waals surface area contributed by atoms with Crippen molar-refractivity contribution in [1.29, 1.82) is 0 Å². The number of amides is 1. The highest BCUT2D eigenvalue weighted by Crippen LogP contribution is 2.41. The van der Waals surface area contributed by atoms with Gasteiger partial charge in [0, 0.05) is 21.0 Å². The molecule has 0 saturated heterocycles. The lowest BCUT2D eigenvalue weighted by atomic mass is 10.0. The number of benzene rings is 2. The highest BCUT2D eigenvalue weighted by Gasteiger charge is 2.26. The molecular weight excluding hydrogens is 422 g/mol. The van der Waals surface area contributed by atoms with Gasteiger partial charge in [-0.15, -0.1) is 11.3 Å². The zero-order valence-electron chi connectivity index (χ0n) is 17.0. The largest absolute Gasteiger partial charge is 0.497 e. The lowest BCUT2D eigenvalue weighted by Crippen LogP contribution is -2.15.